The number of anilines is 2. The van der Waals surface area contributed by atoms with Crippen LogP contribution in [0.15, 0.2) is 41.4 Å². The quantitative estimate of drug-likeness (QED) is 0.136. The number of nitriles is 1. The highest BCUT2D eigenvalue weighted by atomic mass is 35.5. The van der Waals surface area contributed by atoms with Crippen molar-refractivity contribution in [2.75, 3.05) is 36.8 Å². The first-order valence-corrected chi connectivity index (χ1v) is 15.5. The Bertz CT molecular complexity index is 1910. The van der Waals surface area contributed by atoms with Crippen molar-refractivity contribution in [3.05, 3.63) is 78.4 Å². The van der Waals surface area contributed by atoms with Crippen LogP contribution < -0.4 is 21.5 Å². The van der Waals surface area contributed by atoms with E-state index in [-0.39, 0.29) is 56.1 Å². The van der Waals surface area contributed by atoms with E-state index in [4.69, 9.17) is 57.1 Å². The lowest BCUT2D eigenvalue weighted by Gasteiger charge is -2.37. The number of fused-ring (bicyclic) bond motifs is 1. The molecule has 1 fully saturated rings. The Balaban J connectivity index is 1.90. The fourth-order valence-electron chi connectivity index (χ4n) is 5.77. The molecule has 3 N–H and O–H groups in total. The number of nitrogens with two attached hydrogens (primary N) is 1. The maximum atomic E-state index is 15.1. The molecule has 2 aromatic heterocycles. The summed E-state index contributed by atoms with van der Waals surface area (Å²) in [5, 5.41) is 13.0. The average Bonchev–Trinajstić information content (AvgIpc) is 3.02. The highest BCUT2D eigenvalue weighted by molar-refractivity contribution is 6.46. The minimum absolute atomic E-state index is 0.0116. The molecule has 2 aliphatic rings. The SMILES string of the molecule is C=CC(=O)N1CCN(c2c(C#N)c(=O)n(C3=C(C)C=CNC3C(C)C)c3nc(-c4c(N)c(Cl)c(Cl)c(F)c4Cl)c(Cl)cc23)CC1. The summed E-state index contributed by atoms with van der Waals surface area (Å²) in [6.07, 6.45) is 4.87. The Hall–Kier alpha value is -3.75. The zero-order chi connectivity index (χ0) is 32.9. The number of halogens is 5. The van der Waals surface area contributed by atoms with Crippen molar-refractivity contribution in [2.45, 2.75) is 26.8 Å². The molecule has 0 aliphatic carbocycles. The van der Waals surface area contributed by atoms with E-state index in [1.54, 1.807) is 17.2 Å². The lowest BCUT2D eigenvalue weighted by Crippen LogP contribution is -2.49. The Morgan fingerprint density at radius 1 is 1.20 bits per heavy atom. The molecule has 0 spiro atoms. The summed E-state index contributed by atoms with van der Waals surface area (Å²) in [4.78, 5) is 35.0. The highest BCUT2D eigenvalue weighted by Gasteiger charge is 2.33. The van der Waals surface area contributed by atoms with Crippen molar-refractivity contribution in [1.82, 2.24) is 19.8 Å². The molecule has 234 valence electrons. The lowest BCUT2D eigenvalue weighted by molar-refractivity contribution is -0.126. The number of rotatable bonds is 5. The molecule has 1 atom stereocenters. The van der Waals surface area contributed by atoms with Gasteiger partial charge in [0.2, 0.25) is 5.91 Å². The van der Waals surface area contributed by atoms with Crippen molar-refractivity contribution in [3.8, 4) is 17.3 Å². The summed E-state index contributed by atoms with van der Waals surface area (Å²) in [5.41, 5.74) is 7.07. The number of nitrogens with zero attached hydrogens (tertiary/aromatic N) is 5. The minimum Gasteiger partial charge on any atom is -0.397 e. The molecule has 14 heteroatoms. The second-order valence-corrected chi connectivity index (χ2v) is 12.6. The van der Waals surface area contributed by atoms with E-state index >= 15 is 4.39 Å². The van der Waals surface area contributed by atoms with Gasteiger partial charge >= 0.3 is 0 Å². The van der Waals surface area contributed by atoms with Gasteiger partial charge in [-0.05, 0) is 42.8 Å². The Morgan fingerprint density at radius 2 is 1.87 bits per heavy atom. The number of carbonyl (C=O) groups is 1. The van der Waals surface area contributed by atoms with Crippen LogP contribution in [0, 0.1) is 23.1 Å². The number of hydrogen-bond donors (Lipinski definition) is 2. The van der Waals surface area contributed by atoms with Gasteiger partial charge in [-0.25, -0.2) is 9.37 Å². The second kappa shape index (κ2) is 12.6. The first-order valence-electron chi connectivity index (χ1n) is 13.9. The summed E-state index contributed by atoms with van der Waals surface area (Å²) in [6.45, 7) is 10.7. The first kappa shape index (κ1) is 32.6. The van der Waals surface area contributed by atoms with E-state index in [1.807, 2.05) is 31.7 Å². The van der Waals surface area contributed by atoms with Gasteiger partial charge in [0, 0.05) is 37.1 Å². The number of aromatic nitrogens is 2. The third-order valence-corrected chi connectivity index (χ3v) is 9.51. The van der Waals surface area contributed by atoms with E-state index in [0.29, 0.717) is 42.9 Å². The van der Waals surface area contributed by atoms with Gasteiger partial charge in [0.1, 0.15) is 17.3 Å². The fourth-order valence-corrected chi connectivity index (χ4v) is 6.72. The van der Waals surface area contributed by atoms with Crippen molar-refractivity contribution in [1.29, 1.82) is 5.26 Å². The summed E-state index contributed by atoms with van der Waals surface area (Å²) < 4.78 is 16.5. The second-order valence-electron chi connectivity index (χ2n) is 11.0. The summed E-state index contributed by atoms with van der Waals surface area (Å²) in [5.74, 6) is -1.20. The van der Waals surface area contributed by atoms with Gasteiger partial charge in [-0.1, -0.05) is 66.8 Å². The van der Waals surface area contributed by atoms with Crippen molar-refractivity contribution >= 4 is 80.4 Å². The number of benzene rings is 1. The molecular weight excluding hydrogens is 663 g/mol. The van der Waals surface area contributed by atoms with Crippen LogP contribution in [0.5, 0.6) is 0 Å². The number of amides is 1. The maximum Gasteiger partial charge on any atom is 0.276 e. The molecule has 0 bridgehead atoms. The van der Waals surface area contributed by atoms with E-state index in [0.717, 1.165) is 5.57 Å². The van der Waals surface area contributed by atoms with Crippen molar-refractivity contribution < 1.29 is 9.18 Å². The van der Waals surface area contributed by atoms with Gasteiger partial charge in [0.05, 0.1) is 48.9 Å². The average molecular weight is 691 g/mol. The number of nitrogen functional groups attached to an aromatic ring is 1. The van der Waals surface area contributed by atoms with E-state index in [1.165, 1.54) is 10.6 Å². The smallest absolute Gasteiger partial charge is 0.276 e. The number of piperazine rings is 1. The number of nitrogens with one attached hydrogen (secondary N) is 1. The molecule has 9 nitrogen and oxygen atoms in total. The monoisotopic (exact) mass is 689 g/mol. The number of pyridine rings is 2. The van der Waals surface area contributed by atoms with Crippen LogP contribution in [0.2, 0.25) is 20.1 Å². The minimum atomic E-state index is -1.00. The van der Waals surface area contributed by atoms with Gasteiger partial charge in [-0.3, -0.25) is 14.2 Å². The van der Waals surface area contributed by atoms with Crippen LogP contribution >= 0.6 is 46.4 Å². The number of carbonyl (C=O) groups excluding carboxylic acids is 1. The Morgan fingerprint density at radius 3 is 2.47 bits per heavy atom. The summed E-state index contributed by atoms with van der Waals surface area (Å²) in [7, 11) is 0. The molecule has 1 amide bonds. The van der Waals surface area contributed by atoms with Gasteiger partial charge in [-0.15, -0.1) is 0 Å². The topological polar surface area (TPSA) is 120 Å². The predicted molar refractivity (Wildman–Crippen MR) is 179 cm³/mol. The van der Waals surface area contributed by atoms with Crippen LogP contribution in [-0.2, 0) is 4.79 Å². The number of dihydropyridines is 1. The van der Waals surface area contributed by atoms with E-state index in [9.17, 15) is 14.9 Å². The molecular formula is C31H28Cl4FN7O2. The summed E-state index contributed by atoms with van der Waals surface area (Å²) in [6, 6.07) is 3.33. The van der Waals surface area contributed by atoms with Crippen LogP contribution in [0.1, 0.15) is 26.3 Å². The normalized spacial score (nSPS) is 16.8. The third kappa shape index (κ3) is 5.42. The first-order chi connectivity index (χ1) is 21.3. The molecule has 1 unspecified atom stereocenters. The Labute approximate surface area is 278 Å². The van der Waals surface area contributed by atoms with Gasteiger partial charge in [0.15, 0.2) is 5.82 Å². The molecule has 3 aromatic rings. The molecule has 2 aliphatic heterocycles. The van der Waals surface area contributed by atoms with Crippen LogP contribution in [-0.4, -0.2) is 52.6 Å². The van der Waals surface area contributed by atoms with E-state index in [2.05, 4.69) is 18.0 Å². The van der Waals surface area contributed by atoms with Crippen LogP contribution in [0.25, 0.3) is 28.0 Å². The molecule has 0 saturated carbocycles. The van der Waals surface area contributed by atoms with E-state index < -0.39 is 21.4 Å². The lowest BCUT2D eigenvalue weighted by atomic mass is 9.94. The third-order valence-electron chi connectivity index (χ3n) is 8.03. The zero-order valence-electron chi connectivity index (χ0n) is 24.5. The van der Waals surface area contributed by atoms with Crippen LogP contribution in [0.4, 0.5) is 15.8 Å². The molecule has 1 saturated heterocycles. The van der Waals surface area contributed by atoms with Gasteiger partial charge in [-0.2, -0.15) is 5.26 Å². The van der Waals surface area contributed by atoms with Crippen molar-refractivity contribution in [3.63, 3.8) is 0 Å². The molecule has 1 aromatic carbocycles. The van der Waals surface area contributed by atoms with Crippen LogP contribution in [0.3, 0.4) is 0 Å². The Kier molecular flexibility index (Phi) is 9.11. The molecule has 0 radical (unpaired) electrons. The zero-order valence-corrected chi connectivity index (χ0v) is 27.5. The van der Waals surface area contributed by atoms with Crippen molar-refractivity contribution in [2.24, 2.45) is 5.92 Å². The number of hydrogen-bond acceptors (Lipinski definition) is 7. The summed E-state index contributed by atoms with van der Waals surface area (Å²) >= 11 is 25.5. The molecule has 4 heterocycles. The maximum absolute atomic E-state index is 15.1. The largest absolute Gasteiger partial charge is 0.397 e. The molecule has 5 rings (SSSR count). The molecule has 45 heavy (non-hydrogen) atoms. The standard InChI is InChI=1S/C31H28Cl4FN7O2/c1-5-19(44)41-8-10-42(11-9-41)29-16-12-18(32)27(20-21(33)24(36)22(34)23(35)25(20)38)40-30(16)43(31(45)17(29)13-37)28-15(4)6-7-39-26(28)14(2)3/h5-7,12,14,26,39H,1,8-11,38H2,2-4H3. The van der Waals surface area contributed by atoms with Gasteiger partial charge < -0.3 is 20.9 Å². The number of allylic oxidation sites excluding steroid dienone is 2. The highest BCUT2D eigenvalue weighted by Crippen LogP contribution is 2.47. The fraction of sp³-hybridized carbons (Fsp3) is 0.290. The predicted octanol–water partition coefficient (Wildman–Crippen LogP) is 6.48. The van der Waals surface area contributed by atoms with Gasteiger partial charge in [0.25, 0.3) is 5.56 Å².